The minimum atomic E-state index is -0.0142. The van der Waals surface area contributed by atoms with E-state index in [0.717, 1.165) is 43.4 Å². The third-order valence-electron chi connectivity index (χ3n) is 6.28. The summed E-state index contributed by atoms with van der Waals surface area (Å²) in [6, 6.07) is 10.7. The molecule has 1 unspecified atom stereocenters. The molecule has 1 atom stereocenters. The summed E-state index contributed by atoms with van der Waals surface area (Å²) < 4.78 is 0. The first-order chi connectivity index (χ1) is 10.6. The van der Waals surface area contributed by atoms with Gasteiger partial charge in [-0.25, -0.2) is 0 Å². The second-order valence-corrected chi connectivity index (χ2v) is 8.26. The number of carbonyl (C=O) groups excluding carboxylic acids is 1. The molecular weight excluding hydrogens is 270 g/mol. The third-order valence-corrected chi connectivity index (χ3v) is 6.28. The van der Waals surface area contributed by atoms with Crippen molar-refractivity contribution >= 4 is 5.91 Å². The summed E-state index contributed by atoms with van der Waals surface area (Å²) in [7, 11) is 0. The molecule has 4 aliphatic rings. The first kappa shape index (κ1) is 14.3. The Balaban J connectivity index is 1.42. The highest BCUT2D eigenvalue weighted by Crippen LogP contribution is 2.60. The Morgan fingerprint density at radius 3 is 2.18 bits per heavy atom. The van der Waals surface area contributed by atoms with E-state index in [9.17, 15) is 4.79 Å². The van der Waals surface area contributed by atoms with Crippen molar-refractivity contribution in [2.75, 3.05) is 0 Å². The van der Waals surface area contributed by atoms with E-state index < -0.39 is 0 Å². The zero-order valence-corrected chi connectivity index (χ0v) is 13.6. The van der Waals surface area contributed by atoms with Crippen LogP contribution in [-0.4, -0.2) is 11.9 Å². The fourth-order valence-electron chi connectivity index (χ4n) is 5.78. The van der Waals surface area contributed by atoms with Crippen LogP contribution in [0.2, 0.25) is 0 Å². The van der Waals surface area contributed by atoms with Crippen LogP contribution in [0.15, 0.2) is 30.3 Å². The molecule has 4 saturated carbocycles. The van der Waals surface area contributed by atoms with Crippen LogP contribution in [0.25, 0.3) is 0 Å². The molecule has 22 heavy (non-hydrogen) atoms. The smallest absolute Gasteiger partial charge is 0.226 e. The van der Waals surface area contributed by atoms with Gasteiger partial charge in [0.15, 0.2) is 0 Å². The Morgan fingerprint density at radius 1 is 1.09 bits per heavy atom. The molecule has 1 N–H and O–H groups in total. The summed E-state index contributed by atoms with van der Waals surface area (Å²) in [5.74, 6) is 2.86. The Hall–Kier alpha value is -1.31. The average molecular weight is 297 g/mol. The van der Waals surface area contributed by atoms with Crippen molar-refractivity contribution in [3.8, 4) is 0 Å². The second kappa shape index (κ2) is 5.40. The van der Waals surface area contributed by atoms with Gasteiger partial charge in [-0.15, -0.1) is 0 Å². The molecule has 4 bridgehead atoms. The highest BCUT2D eigenvalue weighted by atomic mass is 16.2. The van der Waals surface area contributed by atoms with Gasteiger partial charge >= 0.3 is 0 Å². The SMILES string of the molecule is CC(Cc1ccccc1)NC(=O)C12CC3CC(CC(C3)C1)C2. The predicted molar refractivity (Wildman–Crippen MR) is 88.4 cm³/mol. The molecule has 4 fully saturated rings. The van der Waals surface area contributed by atoms with Gasteiger partial charge in [-0.2, -0.15) is 0 Å². The molecule has 0 heterocycles. The zero-order chi connectivity index (χ0) is 15.2. The number of carbonyl (C=O) groups is 1. The number of hydrogen-bond acceptors (Lipinski definition) is 1. The predicted octanol–water partition coefficient (Wildman–Crippen LogP) is 3.95. The van der Waals surface area contributed by atoms with Crippen LogP contribution < -0.4 is 5.32 Å². The molecule has 4 aliphatic carbocycles. The molecule has 118 valence electrons. The molecular formula is C20H27NO. The molecule has 0 saturated heterocycles. The number of rotatable bonds is 4. The minimum absolute atomic E-state index is 0.0142. The van der Waals surface area contributed by atoms with E-state index in [1.54, 1.807) is 0 Å². The van der Waals surface area contributed by atoms with Crippen molar-refractivity contribution in [1.29, 1.82) is 0 Å². The molecule has 5 rings (SSSR count). The summed E-state index contributed by atoms with van der Waals surface area (Å²) in [5.41, 5.74) is 1.29. The molecule has 1 aromatic carbocycles. The van der Waals surface area contributed by atoms with E-state index in [4.69, 9.17) is 0 Å². The van der Waals surface area contributed by atoms with Crippen LogP contribution in [0.3, 0.4) is 0 Å². The molecule has 0 aromatic heterocycles. The van der Waals surface area contributed by atoms with Gasteiger partial charge in [0, 0.05) is 11.5 Å². The van der Waals surface area contributed by atoms with Crippen molar-refractivity contribution in [2.24, 2.45) is 23.2 Å². The van der Waals surface area contributed by atoms with E-state index >= 15 is 0 Å². The van der Waals surface area contributed by atoms with Crippen LogP contribution in [-0.2, 0) is 11.2 Å². The first-order valence-corrected chi connectivity index (χ1v) is 8.98. The summed E-state index contributed by atoms with van der Waals surface area (Å²) in [5, 5.41) is 3.35. The topological polar surface area (TPSA) is 29.1 Å². The van der Waals surface area contributed by atoms with Crippen molar-refractivity contribution < 1.29 is 4.79 Å². The van der Waals surface area contributed by atoms with Crippen LogP contribution in [0.5, 0.6) is 0 Å². The Morgan fingerprint density at radius 2 is 1.64 bits per heavy atom. The zero-order valence-electron chi connectivity index (χ0n) is 13.6. The van der Waals surface area contributed by atoms with E-state index in [-0.39, 0.29) is 11.5 Å². The van der Waals surface area contributed by atoms with Crippen LogP contribution in [0.4, 0.5) is 0 Å². The maximum absolute atomic E-state index is 13.0. The lowest BCUT2D eigenvalue weighted by molar-refractivity contribution is -0.146. The standard InChI is InChI=1S/C20H27NO/c1-14(7-15-5-3-2-4-6-15)21-19(22)20-11-16-8-17(12-20)10-18(9-16)13-20/h2-6,14,16-18H,7-13H2,1H3,(H,21,22). The Labute approximate surface area is 133 Å². The highest BCUT2D eigenvalue weighted by Gasteiger charge is 2.54. The normalized spacial score (nSPS) is 37.0. The molecule has 1 aromatic rings. The Bertz CT molecular complexity index is 515. The molecule has 0 spiro atoms. The number of benzene rings is 1. The molecule has 2 heteroatoms. The van der Waals surface area contributed by atoms with E-state index in [1.165, 1.54) is 24.8 Å². The van der Waals surface area contributed by atoms with Crippen LogP contribution in [0.1, 0.15) is 51.0 Å². The van der Waals surface area contributed by atoms with Crippen LogP contribution in [0, 0.1) is 23.2 Å². The summed E-state index contributed by atoms with van der Waals surface area (Å²) in [6.07, 6.45) is 8.58. The maximum Gasteiger partial charge on any atom is 0.226 e. The van der Waals surface area contributed by atoms with E-state index in [1.807, 2.05) is 6.07 Å². The minimum Gasteiger partial charge on any atom is -0.353 e. The number of hydrogen-bond donors (Lipinski definition) is 1. The average Bonchev–Trinajstić information content (AvgIpc) is 2.46. The quantitative estimate of drug-likeness (QED) is 0.896. The summed E-state index contributed by atoms with van der Waals surface area (Å²) >= 11 is 0. The molecule has 0 aliphatic heterocycles. The molecule has 1 amide bonds. The molecule has 0 radical (unpaired) electrons. The van der Waals surface area contributed by atoms with Crippen molar-refractivity contribution in [1.82, 2.24) is 5.32 Å². The van der Waals surface area contributed by atoms with Gasteiger partial charge in [-0.3, -0.25) is 4.79 Å². The van der Waals surface area contributed by atoms with Gasteiger partial charge in [0.05, 0.1) is 0 Å². The largest absolute Gasteiger partial charge is 0.353 e. The van der Waals surface area contributed by atoms with Crippen LogP contribution >= 0.6 is 0 Å². The van der Waals surface area contributed by atoms with E-state index in [0.29, 0.717) is 5.91 Å². The highest BCUT2D eigenvalue weighted by molar-refractivity contribution is 5.83. The number of amides is 1. The monoisotopic (exact) mass is 297 g/mol. The van der Waals surface area contributed by atoms with Gasteiger partial charge in [-0.1, -0.05) is 30.3 Å². The van der Waals surface area contributed by atoms with Crippen molar-refractivity contribution in [2.45, 2.75) is 57.9 Å². The van der Waals surface area contributed by atoms with Crippen molar-refractivity contribution in [3.05, 3.63) is 35.9 Å². The number of nitrogens with one attached hydrogen (secondary N) is 1. The van der Waals surface area contributed by atoms with Crippen molar-refractivity contribution in [3.63, 3.8) is 0 Å². The summed E-state index contributed by atoms with van der Waals surface area (Å²) in [4.78, 5) is 13.0. The van der Waals surface area contributed by atoms with Gasteiger partial charge in [0.25, 0.3) is 0 Å². The van der Waals surface area contributed by atoms with E-state index in [2.05, 4.69) is 36.5 Å². The lowest BCUT2D eigenvalue weighted by Crippen LogP contribution is -2.55. The lowest BCUT2D eigenvalue weighted by Gasteiger charge is -2.55. The second-order valence-electron chi connectivity index (χ2n) is 8.26. The first-order valence-electron chi connectivity index (χ1n) is 8.98. The summed E-state index contributed by atoms with van der Waals surface area (Å²) in [6.45, 7) is 2.14. The van der Waals surface area contributed by atoms with Gasteiger partial charge in [-0.05, 0) is 75.2 Å². The lowest BCUT2D eigenvalue weighted by atomic mass is 9.49. The third kappa shape index (κ3) is 2.57. The fourth-order valence-corrected chi connectivity index (χ4v) is 5.78. The van der Waals surface area contributed by atoms with Gasteiger partial charge in [0.1, 0.15) is 0 Å². The maximum atomic E-state index is 13.0. The Kier molecular flexibility index (Phi) is 3.51. The fraction of sp³-hybridized carbons (Fsp3) is 0.650. The van der Waals surface area contributed by atoms with Gasteiger partial charge in [0.2, 0.25) is 5.91 Å². The van der Waals surface area contributed by atoms with Gasteiger partial charge < -0.3 is 5.32 Å². The molecule has 2 nitrogen and oxygen atoms in total.